The Morgan fingerprint density at radius 3 is 2.00 bits per heavy atom. The van der Waals surface area contributed by atoms with Gasteiger partial charge in [0.1, 0.15) is 0 Å². The topological polar surface area (TPSA) is 8.17 Å². The van der Waals surface area contributed by atoms with Crippen molar-refractivity contribution in [2.45, 2.75) is 71.6 Å². The zero-order chi connectivity index (χ0) is 37.8. The highest BCUT2D eigenvalue weighted by atomic mass is 15.2. The van der Waals surface area contributed by atoms with Crippen LogP contribution in [-0.2, 0) is 17.3 Å². The smallest absolute Gasteiger partial charge is 0.333 e. The second kappa shape index (κ2) is 10.9. The number of anilines is 3. The second-order valence-corrected chi connectivity index (χ2v) is 18.0. The van der Waals surface area contributed by atoms with Crippen LogP contribution < -0.4 is 15.8 Å². The minimum Gasteiger partial charge on any atom is -0.375 e. The Morgan fingerprint density at radius 2 is 1.23 bits per heavy atom. The molecule has 0 amide bonds. The van der Waals surface area contributed by atoms with Crippen molar-refractivity contribution in [1.82, 2.24) is 4.48 Å². The predicted molar refractivity (Wildman–Crippen MR) is 238 cm³/mol. The second-order valence-electron chi connectivity index (χ2n) is 18.0. The van der Waals surface area contributed by atoms with E-state index in [0.717, 1.165) is 6.42 Å². The van der Waals surface area contributed by atoms with Crippen molar-refractivity contribution in [3.63, 3.8) is 0 Å². The number of para-hydroxylation sites is 1. The molecule has 0 atom stereocenters. The Morgan fingerprint density at radius 1 is 0.554 bits per heavy atom. The molecule has 2 nitrogen and oxygen atoms in total. The van der Waals surface area contributed by atoms with Gasteiger partial charge in [-0.15, -0.1) is 0 Å². The Bertz CT molecular complexity index is 3050. The largest absolute Gasteiger partial charge is 0.375 e. The van der Waals surface area contributed by atoms with Crippen molar-refractivity contribution >= 4 is 56.6 Å². The number of rotatable bonds is 4. The summed E-state index contributed by atoms with van der Waals surface area (Å²) in [6.07, 6.45) is 3.48. The first-order chi connectivity index (χ1) is 27.2. The van der Waals surface area contributed by atoms with Crippen molar-refractivity contribution in [3.05, 3.63) is 161 Å². The highest BCUT2D eigenvalue weighted by Crippen LogP contribution is 2.54. The third-order valence-electron chi connectivity index (χ3n) is 14.1. The molecule has 3 heteroatoms. The van der Waals surface area contributed by atoms with E-state index in [0.29, 0.717) is 0 Å². The lowest BCUT2D eigenvalue weighted by Crippen LogP contribution is -2.57. The summed E-state index contributed by atoms with van der Waals surface area (Å²) in [5, 5.41) is 2.74. The summed E-state index contributed by atoms with van der Waals surface area (Å²) in [6.45, 7) is 14.2. The number of hydrogen-bond acceptors (Lipinski definition) is 1. The summed E-state index contributed by atoms with van der Waals surface area (Å²) in [5.41, 5.74) is 25.7. The SMILES string of the molecule is CCCCc1cc2c3c(c1)c1ccccc1n3B1c3cc4c(cc3N(c3ccc5c(c3)-c3ccccc3C5(C)C)c3cc(C)cc-2c31)-c1ccccc1C4(C)C. The average Bonchev–Trinajstić information content (AvgIpc) is 3.74. The number of nitrogens with zero attached hydrogens (tertiary/aromatic N) is 2. The molecule has 0 bridgehead atoms. The number of hydrogen-bond donors (Lipinski definition) is 0. The van der Waals surface area contributed by atoms with Gasteiger partial charge < -0.3 is 9.38 Å². The van der Waals surface area contributed by atoms with Gasteiger partial charge in [0.05, 0.1) is 0 Å². The quantitative estimate of drug-likeness (QED) is 0.164. The summed E-state index contributed by atoms with van der Waals surface area (Å²) in [7, 11) is 0. The van der Waals surface area contributed by atoms with Crippen LogP contribution in [0.2, 0.25) is 0 Å². The van der Waals surface area contributed by atoms with Gasteiger partial charge in [-0.25, -0.2) is 0 Å². The van der Waals surface area contributed by atoms with Crippen LogP contribution >= 0.6 is 0 Å². The van der Waals surface area contributed by atoms with E-state index in [1.54, 1.807) is 0 Å². The number of aromatic nitrogens is 1. The molecule has 7 aromatic carbocycles. The van der Waals surface area contributed by atoms with Gasteiger partial charge in [-0.2, -0.15) is 0 Å². The van der Waals surface area contributed by atoms with Crippen LogP contribution in [0.4, 0.5) is 17.1 Å². The van der Waals surface area contributed by atoms with E-state index in [2.05, 4.69) is 178 Å². The number of unbranched alkanes of at least 4 members (excludes halogenated alkanes) is 1. The molecule has 0 saturated carbocycles. The Kier molecular flexibility index (Phi) is 6.34. The van der Waals surface area contributed by atoms with E-state index in [1.165, 1.54) is 129 Å². The fourth-order valence-electron chi connectivity index (χ4n) is 11.5. The summed E-state index contributed by atoms with van der Waals surface area (Å²) < 4.78 is 2.73. The van der Waals surface area contributed by atoms with Crippen LogP contribution in [0.15, 0.2) is 127 Å². The Labute approximate surface area is 330 Å². The first kappa shape index (κ1) is 32.4. The van der Waals surface area contributed by atoms with Gasteiger partial charge in [0.15, 0.2) is 0 Å². The van der Waals surface area contributed by atoms with Crippen molar-refractivity contribution in [3.8, 4) is 33.4 Å². The standard InChI is InChI=1S/C53H45BN2/c1-7-8-15-32-26-40-36-18-11-14-21-47(36)56-51(40)41(27-32)39-24-31(2)25-49-50(39)54(56)46-30-45-38(35-17-10-13-20-43(35)53(45,5)6)29-48(46)55(49)33-22-23-44-37(28-33)34-16-9-12-19-42(34)52(44,3)4/h9-14,16-30H,7-8,15H2,1-6H3. The van der Waals surface area contributed by atoms with Crippen LogP contribution in [0.1, 0.15) is 80.8 Å². The van der Waals surface area contributed by atoms with E-state index in [9.17, 15) is 0 Å². The van der Waals surface area contributed by atoms with Gasteiger partial charge in [0.2, 0.25) is 0 Å². The number of aryl methyl sites for hydroxylation is 2. The third-order valence-corrected chi connectivity index (χ3v) is 14.1. The lowest BCUT2D eigenvalue weighted by molar-refractivity contribution is 0.660. The van der Waals surface area contributed by atoms with Crippen molar-refractivity contribution in [2.75, 3.05) is 4.90 Å². The molecule has 8 aromatic rings. The lowest BCUT2D eigenvalue weighted by atomic mass is 9.44. The Hall–Kier alpha value is -5.80. The maximum atomic E-state index is 2.73. The highest BCUT2D eigenvalue weighted by Gasteiger charge is 2.46. The minimum atomic E-state index is -0.111. The van der Waals surface area contributed by atoms with Crippen LogP contribution in [0, 0.1) is 6.92 Å². The molecule has 56 heavy (non-hydrogen) atoms. The molecule has 0 saturated heterocycles. The van der Waals surface area contributed by atoms with E-state index < -0.39 is 0 Å². The van der Waals surface area contributed by atoms with Crippen molar-refractivity contribution in [1.29, 1.82) is 0 Å². The van der Waals surface area contributed by atoms with E-state index in [4.69, 9.17) is 0 Å². The van der Waals surface area contributed by atoms with Crippen LogP contribution in [0.25, 0.3) is 55.2 Å². The predicted octanol–water partition coefficient (Wildman–Crippen LogP) is 12.5. The molecule has 0 unspecified atom stereocenters. The molecule has 0 fully saturated rings. The zero-order valence-electron chi connectivity index (χ0n) is 33.2. The van der Waals surface area contributed by atoms with Gasteiger partial charge >= 0.3 is 6.85 Å². The molecular formula is C53H45BN2. The molecule has 1 aromatic heterocycles. The molecule has 3 heterocycles. The number of fused-ring (bicyclic) bond motifs is 13. The first-order valence-electron chi connectivity index (χ1n) is 20.7. The van der Waals surface area contributed by atoms with Gasteiger partial charge in [-0.3, -0.25) is 0 Å². The van der Waals surface area contributed by atoms with Crippen LogP contribution in [0.5, 0.6) is 0 Å². The fourth-order valence-corrected chi connectivity index (χ4v) is 11.5. The minimum absolute atomic E-state index is 0.0298. The molecule has 4 aliphatic rings. The van der Waals surface area contributed by atoms with E-state index >= 15 is 0 Å². The number of benzene rings is 7. The Balaban J connectivity index is 1.21. The molecule has 0 radical (unpaired) electrons. The van der Waals surface area contributed by atoms with Gasteiger partial charge in [-0.1, -0.05) is 126 Å². The molecule has 0 N–H and O–H groups in total. The summed E-state index contributed by atoms with van der Waals surface area (Å²) in [4.78, 5) is 2.63. The van der Waals surface area contributed by atoms with Crippen molar-refractivity contribution < 1.29 is 0 Å². The van der Waals surface area contributed by atoms with E-state index in [-0.39, 0.29) is 17.7 Å². The van der Waals surface area contributed by atoms with E-state index in [1.807, 2.05) is 0 Å². The third kappa shape index (κ3) is 3.98. The van der Waals surface area contributed by atoms with Gasteiger partial charge in [0.25, 0.3) is 0 Å². The maximum Gasteiger partial charge on any atom is 0.333 e. The monoisotopic (exact) mass is 720 g/mol. The molecule has 2 aliphatic carbocycles. The lowest BCUT2D eigenvalue weighted by Gasteiger charge is -2.41. The van der Waals surface area contributed by atoms with Gasteiger partial charge in [-0.05, 0) is 134 Å². The fraction of sp³-hybridized carbons (Fsp3) is 0.208. The average molecular weight is 721 g/mol. The first-order valence-corrected chi connectivity index (χ1v) is 20.7. The van der Waals surface area contributed by atoms with Gasteiger partial charge in [0, 0.05) is 55.3 Å². The molecular weight excluding hydrogens is 675 g/mol. The molecule has 270 valence electrons. The normalized spacial score (nSPS) is 15.8. The summed E-state index contributed by atoms with van der Waals surface area (Å²) in [6, 6.07) is 49.8. The highest BCUT2D eigenvalue weighted by molar-refractivity contribution is 6.90. The molecule has 0 spiro atoms. The maximum absolute atomic E-state index is 2.73. The molecule has 2 aliphatic heterocycles. The summed E-state index contributed by atoms with van der Waals surface area (Å²) in [5.74, 6) is 0. The van der Waals surface area contributed by atoms with Crippen molar-refractivity contribution in [2.24, 2.45) is 0 Å². The van der Waals surface area contributed by atoms with Crippen LogP contribution in [0.3, 0.4) is 0 Å². The zero-order valence-corrected chi connectivity index (χ0v) is 33.2. The van der Waals surface area contributed by atoms with Crippen LogP contribution in [-0.4, -0.2) is 11.3 Å². The summed E-state index contributed by atoms with van der Waals surface area (Å²) >= 11 is 0. The molecule has 12 rings (SSSR count).